The fraction of sp³-hybridized carbons (Fsp3) is 0.333. The molecule has 3 aromatic rings. The molecule has 8 heteroatoms. The minimum atomic E-state index is -0.399. The molecule has 0 saturated carbocycles. The van der Waals surface area contributed by atoms with Crippen LogP contribution in [0.5, 0.6) is 11.5 Å². The zero-order valence-corrected chi connectivity index (χ0v) is 18.2. The van der Waals surface area contributed by atoms with E-state index in [-0.39, 0.29) is 18.3 Å². The van der Waals surface area contributed by atoms with Gasteiger partial charge in [0.15, 0.2) is 11.5 Å². The van der Waals surface area contributed by atoms with Crippen LogP contribution in [-0.4, -0.2) is 43.1 Å². The van der Waals surface area contributed by atoms with Gasteiger partial charge in [0.05, 0.1) is 19.9 Å². The van der Waals surface area contributed by atoms with Crippen molar-refractivity contribution in [1.29, 1.82) is 0 Å². The molecular formula is C24H26FN3O4. The predicted octanol–water partition coefficient (Wildman–Crippen LogP) is 3.36. The van der Waals surface area contributed by atoms with Crippen molar-refractivity contribution in [3.63, 3.8) is 0 Å². The SMILES string of the molecule is COc1ccc(CN2CCc3nc(C(=O)NCc4cccc(F)c4)oc3CC2)cc1OC. The highest BCUT2D eigenvalue weighted by Gasteiger charge is 2.23. The molecule has 0 spiro atoms. The molecule has 0 saturated heterocycles. The number of rotatable bonds is 7. The summed E-state index contributed by atoms with van der Waals surface area (Å²) in [5.41, 5.74) is 2.62. The number of carbonyl (C=O) groups is 1. The summed E-state index contributed by atoms with van der Waals surface area (Å²) < 4.78 is 29.8. The van der Waals surface area contributed by atoms with Crippen LogP contribution in [0.15, 0.2) is 46.9 Å². The Morgan fingerprint density at radius 3 is 2.69 bits per heavy atom. The van der Waals surface area contributed by atoms with Crippen LogP contribution in [0.1, 0.15) is 33.3 Å². The maximum absolute atomic E-state index is 13.3. The Bertz CT molecular complexity index is 1070. The van der Waals surface area contributed by atoms with Crippen molar-refractivity contribution in [2.45, 2.75) is 25.9 Å². The monoisotopic (exact) mass is 439 g/mol. The van der Waals surface area contributed by atoms with Gasteiger partial charge in [-0.1, -0.05) is 18.2 Å². The fourth-order valence-corrected chi connectivity index (χ4v) is 3.81. The number of hydrogen-bond donors (Lipinski definition) is 1. The molecule has 32 heavy (non-hydrogen) atoms. The average molecular weight is 439 g/mol. The predicted molar refractivity (Wildman–Crippen MR) is 116 cm³/mol. The van der Waals surface area contributed by atoms with Crippen molar-refractivity contribution in [1.82, 2.24) is 15.2 Å². The van der Waals surface area contributed by atoms with Gasteiger partial charge in [-0.2, -0.15) is 0 Å². The first-order valence-corrected chi connectivity index (χ1v) is 10.5. The first kappa shape index (κ1) is 21.8. The molecule has 1 aliphatic rings. The molecule has 0 fully saturated rings. The third kappa shape index (κ3) is 5.08. The van der Waals surface area contributed by atoms with Crippen LogP contribution in [0.2, 0.25) is 0 Å². The van der Waals surface area contributed by atoms with Gasteiger partial charge in [0.1, 0.15) is 11.6 Å². The number of halogens is 1. The second-order valence-electron chi connectivity index (χ2n) is 7.67. The van der Waals surface area contributed by atoms with Crippen molar-refractivity contribution in [2.24, 2.45) is 0 Å². The molecule has 0 unspecified atom stereocenters. The highest BCUT2D eigenvalue weighted by atomic mass is 19.1. The van der Waals surface area contributed by atoms with Crippen molar-refractivity contribution < 1.29 is 23.1 Å². The molecule has 0 atom stereocenters. The normalized spacial score (nSPS) is 13.8. The standard InChI is InChI=1S/C24H26FN3O4/c1-30-21-7-6-17(13-22(21)31-2)15-28-10-8-19-20(9-11-28)32-24(27-19)23(29)26-14-16-4-3-5-18(25)12-16/h3-7,12-13H,8-11,14-15H2,1-2H3,(H,26,29). The molecule has 0 radical (unpaired) electrons. The number of methoxy groups -OCH3 is 2. The lowest BCUT2D eigenvalue weighted by molar-refractivity contribution is 0.0914. The van der Waals surface area contributed by atoms with Gasteiger partial charge in [-0.25, -0.2) is 9.37 Å². The Labute approximate surface area is 186 Å². The summed E-state index contributed by atoms with van der Waals surface area (Å²) in [6, 6.07) is 12.0. The number of aromatic nitrogens is 1. The molecule has 168 valence electrons. The van der Waals surface area contributed by atoms with E-state index < -0.39 is 5.91 Å². The summed E-state index contributed by atoms with van der Waals surface area (Å²) in [7, 11) is 3.25. The quantitative estimate of drug-likeness (QED) is 0.608. The third-order valence-corrected chi connectivity index (χ3v) is 5.49. The zero-order chi connectivity index (χ0) is 22.5. The van der Waals surface area contributed by atoms with E-state index in [0.717, 1.165) is 36.7 Å². The lowest BCUT2D eigenvalue weighted by atomic mass is 10.2. The summed E-state index contributed by atoms with van der Waals surface area (Å²) in [4.78, 5) is 19.2. The molecule has 1 aromatic heterocycles. The van der Waals surface area contributed by atoms with Gasteiger partial charge in [0, 0.05) is 39.0 Å². The first-order valence-electron chi connectivity index (χ1n) is 10.5. The Hall–Kier alpha value is -3.39. The Kier molecular flexibility index (Phi) is 6.70. The molecule has 4 rings (SSSR count). The molecule has 1 aliphatic heterocycles. The topological polar surface area (TPSA) is 76.8 Å². The van der Waals surface area contributed by atoms with Crippen molar-refractivity contribution in [3.05, 3.63) is 76.8 Å². The van der Waals surface area contributed by atoms with E-state index >= 15 is 0 Å². The van der Waals surface area contributed by atoms with Gasteiger partial charge in [0.25, 0.3) is 5.89 Å². The van der Waals surface area contributed by atoms with Crippen molar-refractivity contribution in [3.8, 4) is 11.5 Å². The van der Waals surface area contributed by atoms with Crippen LogP contribution < -0.4 is 14.8 Å². The van der Waals surface area contributed by atoms with Crippen LogP contribution in [0, 0.1) is 5.82 Å². The minimum absolute atomic E-state index is 0.0553. The molecule has 2 heterocycles. The highest BCUT2D eigenvalue weighted by Crippen LogP contribution is 2.28. The molecule has 7 nitrogen and oxygen atoms in total. The van der Waals surface area contributed by atoms with E-state index in [1.54, 1.807) is 26.4 Å². The number of fused-ring (bicyclic) bond motifs is 1. The number of benzene rings is 2. The number of nitrogens with one attached hydrogen (secondary N) is 1. The second-order valence-corrected chi connectivity index (χ2v) is 7.67. The number of carbonyl (C=O) groups excluding carboxylic acids is 1. The van der Waals surface area contributed by atoms with E-state index in [1.807, 2.05) is 18.2 Å². The van der Waals surface area contributed by atoms with Crippen LogP contribution in [0.25, 0.3) is 0 Å². The summed E-state index contributed by atoms with van der Waals surface area (Å²) in [5, 5.41) is 2.73. The van der Waals surface area contributed by atoms with Gasteiger partial charge in [-0.05, 0) is 35.4 Å². The summed E-state index contributed by atoms with van der Waals surface area (Å²) in [6.07, 6.45) is 1.37. The molecule has 1 N–H and O–H groups in total. The van der Waals surface area contributed by atoms with Crippen molar-refractivity contribution >= 4 is 5.91 Å². The van der Waals surface area contributed by atoms with Crippen LogP contribution >= 0.6 is 0 Å². The van der Waals surface area contributed by atoms with E-state index in [4.69, 9.17) is 13.9 Å². The summed E-state index contributed by atoms with van der Waals surface area (Å²) >= 11 is 0. The maximum atomic E-state index is 13.3. The molecule has 1 amide bonds. The zero-order valence-electron chi connectivity index (χ0n) is 18.2. The third-order valence-electron chi connectivity index (χ3n) is 5.49. The van der Waals surface area contributed by atoms with Gasteiger partial charge < -0.3 is 19.2 Å². The minimum Gasteiger partial charge on any atom is -0.493 e. The Balaban J connectivity index is 1.34. The highest BCUT2D eigenvalue weighted by molar-refractivity contribution is 5.89. The van der Waals surface area contributed by atoms with E-state index in [9.17, 15) is 9.18 Å². The summed E-state index contributed by atoms with van der Waals surface area (Å²) in [5.74, 6) is 1.48. The molecule has 0 aliphatic carbocycles. The van der Waals surface area contributed by atoms with Crippen LogP contribution in [0.3, 0.4) is 0 Å². The van der Waals surface area contributed by atoms with E-state index in [1.165, 1.54) is 12.1 Å². The lowest BCUT2D eigenvalue weighted by Gasteiger charge is -2.20. The van der Waals surface area contributed by atoms with Crippen LogP contribution in [0.4, 0.5) is 4.39 Å². The summed E-state index contributed by atoms with van der Waals surface area (Å²) in [6.45, 7) is 2.58. The van der Waals surface area contributed by atoms with E-state index in [2.05, 4.69) is 15.2 Å². The van der Waals surface area contributed by atoms with Gasteiger partial charge in [0.2, 0.25) is 0 Å². The second kappa shape index (κ2) is 9.82. The van der Waals surface area contributed by atoms with E-state index in [0.29, 0.717) is 29.9 Å². The fourth-order valence-electron chi connectivity index (χ4n) is 3.81. The Morgan fingerprint density at radius 1 is 1.09 bits per heavy atom. The Morgan fingerprint density at radius 2 is 1.91 bits per heavy atom. The van der Waals surface area contributed by atoms with Gasteiger partial charge in [-0.3, -0.25) is 9.69 Å². The number of ether oxygens (including phenoxy) is 2. The first-order chi connectivity index (χ1) is 15.6. The number of hydrogen-bond acceptors (Lipinski definition) is 6. The number of oxazole rings is 1. The smallest absolute Gasteiger partial charge is 0.307 e. The molecule has 0 bridgehead atoms. The molecule has 2 aromatic carbocycles. The molecular weight excluding hydrogens is 413 g/mol. The number of amides is 1. The number of nitrogens with zero attached hydrogens (tertiary/aromatic N) is 2. The average Bonchev–Trinajstić information content (AvgIpc) is 3.13. The lowest BCUT2D eigenvalue weighted by Crippen LogP contribution is -2.26. The van der Waals surface area contributed by atoms with Crippen LogP contribution in [-0.2, 0) is 25.9 Å². The van der Waals surface area contributed by atoms with Gasteiger partial charge in [-0.15, -0.1) is 0 Å². The maximum Gasteiger partial charge on any atom is 0.307 e. The van der Waals surface area contributed by atoms with Crippen molar-refractivity contribution in [2.75, 3.05) is 27.3 Å². The van der Waals surface area contributed by atoms with Gasteiger partial charge >= 0.3 is 5.91 Å². The largest absolute Gasteiger partial charge is 0.493 e.